The lowest BCUT2D eigenvalue weighted by Crippen LogP contribution is -2.09. The summed E-state index contributed by atoms with van der Waals surface area (Å²) in [7, 11) is 1.62. The molecule has 1 aromatic heterocycles. The van der Waals surface area contributed by atoms with E-state index in [1.807, 2.05) is 19.1 Å². The van der Waals surface area contributed by atoms with Gasteiger partial charge in [-0.3, -0.25) is 0 Å². The predicted octanol–water partition coefficient (Wildman–Crippen LogP) is 2.67. The number of carbonyl (C=O) groups is 1. The fourth-order valence-corrected chi connectivity index (χ4v) is 2.09. The first-order valence-corrected chi connectivity index (χ1v) is 5.17. The summed E-state index contributed by atoms with van der Waals surface area (Å²) in [5, 5.41) is 0.389. The number of hydrogen-bond acceptors (Lipinski definition) is 3. The molecule has 0 unspecified atom stereocenters. The number of rotatable bonds is 4. The monoisotopic (exact) mass is 218 g/mol. The average molecular weight is 219 g/mol. The Bertz CT molecular complexity index is 285. The Labute approximate surface area is 86.5 Å². The van der Waals surface area contributed by atoms with Gasteiger partial charge >= 0.3 is 0 Å². The molecular weight excluding hydrogens is 208 g/mol. The van der Waals surface area contributed by atoms with E-state index in [2.05, 4.69) is 0 Å². The van der Waals surface area contributed by atoms with Gasteiger partial charge in [0.1, 0.15) is 6.29 Å². The van der Waals surface area contributed by atoms with Crippen LogP contribution >= 0.6 is 22.9 Å². The SMILES string of the molecule is COc1ccc([C@H](C)[C@@H](Cl)C=O)s1. The molecule has 0 aromatic carbocycles. The second kappa shape index (κ2) is 4.63. The zero-order chi connectivity index (χ0) is 9.84. The summed E-state index contributed by atoms with van der Waals surface area (Å²) in [6.07, 6.45) is 0.762. The van der Waals surface area contributed by atoms with E-state index < -0.39 is 5.38 Å². The van der Waals surface area contributed by atoms with Crippen LogP contribution in [0, 0.1) is 0 Å². The maximum absolute atomic E-state index is 10.4. The van der Waals surface area contributed by atoms with Gasteiger partial charge in [-0.05, 0) is 12.1 Å². The zero-order valence-corrected chi connectivity index (χ0v) is 9.06. The molecule has 2 atom stereocenters. The molecule has 0 aliphatic rings. The molecule has 0 aliphatic heterocycles. The number of aldehydes is 1. The van der Waals surface area contributed by atoms with Crippen LogP contribution < -0.4 is 4.74 Å². The molecule has 1 rings (SSSR count). The lowest BCUT2D eigenvalue weighted by Gasteiger charge is -2.09. The molecule has 72 valence electrons. The van der Waals surface area contributed by atoms with E-state index in [9.17, 15) is 4.79 Å². The van der Waals surface area contributed by atoms with Gasteiger partial charge in [-0.15, -0.1) is 22.9 Å². The number of alkyl halides is 1. The van der Waals surface area contributed by atoms with Crippen molar-refractivity contribution in [1.29, 1.82) is 0 Å². The van der Waals surface area contributed by atoms with Gasteiger partial charge in [-0.25, -0.2) is 0 Å². The van der Waals surface area contributed by atoms with E-state index in [-0.39, 0.29) is 5.92 Å². The number of carbonyl (C=O) groups excluding carboxylic acids is 1. The standard InChI is InChI=1S/C9H11ClO2S/c1-6(7(10)5-11)8-3-4-9(12-2)13-8/h3-7H,1-2H3/t6-,7+/m1/s1. The van der Waals surface area contributed by atoms with Crippen LogP contribution in [-0.2, 0) is 4.79 Å². The summed E-state index contributed by atoms with van der Waals surface area (Å²) in [6, 6.07) is 3.82. The van der Waals surface area contributed by atoms with Gasteiger partial charge in [0.15, 0.2) is 5.06 Å². The lowest BCUT2D eigenvalue weighted by atomic mass is 10.1. The number of hydrogen-bond donors (Lipinski definition) is 0. The molecule has 1 heterocycles. The summed E-state index contributed by atoms with van der Waals surface area (Å²) in [5.41, 5.74) is 0. The normalized spacial score (nSPS) is 15.0. The molecule has 1 aromatic rings. The minimum atomic E-state index is -0.455. The molecule has 0 radical (unpaired) electrons. The molecule has 0 aliphatic carbocycles. The molecule has 13 heavy (non-hydrogen) atoms. The second-order valence-corrected chi connectivity index (χ2v) is 4.31. The van der Waals surface area contributed by atoms with E-state index in [1.54, 1.807) is 7.11 Å². The summed E-state index contributed by atoms with van der Waals surface area (Å²) >= 11 is 7.32. The highest BCUT2D eigenvalue weighted by Crippen LogP contribution is 2.32. The van der Waals surface area contributed by atoms with Crippen LogP contribution in [0.4, 0.5) is 0 Å². The summed E-state index contributed by atoms with van der Waals surface area (Å²) in [5.74, 6) is 0.0491. The van der Waals surface area contributed by atoms with E-state index >= 15 is 0 Å². The van der Waals surface area contributed by atoms with Crippen molar-refractivity contribution < 1.29 is 9.53 Å². The van der Waals surface area contributed by atoms with Gasteiger partial charge < -0.3 is 9.53 Å². The minimum Gasteiger partial charge on any atom is -0.487 e. The van der Waals surface area contributed by atoms with Crippen molar-refractivity contribution >= 4 is 29.2 Å². The Morgan fingerprint density at radius 1 is 1.62 bits per heavy atom. The van der Waals surface area contributed by atoms with Crippen molar-refractivity contribution in [2.45, 2.75) is 18.2 Å². The quantitative estimate of drug-likeness (QED) is 0.574. The third kappa shape index (κ3) is 2.45. The van der Waals surface area contributed by atoms with Crippen molar-refractivity contribution in [2.75, 3.05) is 7.11 Å². The Morgan fingerprint density at radius 3 is 2.77 bits per heavy atom. The fraction of sp³-hybridized carbons (Fsp3) is 0.444. The first-order valence-electron chi connectivity index (χ1n) is 3.92. The van der Waals surface area contributed by atoms with Crippen molar-refractivity contribution in [3.8, 4) is 5.06 Å². The Hall–Kier alpha value is -0.540. The number of methoxy groups -OCH3 is 1. The first kappa shape index (κ1) is 10.5. The van der Waals surface area contributed by atoms with Gasteiger partial charge in [-0.2, -0.15) is 0 Å². The van der Waals surface area contributed by atoms with E-state index in [0.717, 1.165) is 16.2 Å². The van der Waals surface area contributed by atoms with Crippen molar-refractivity contribution in [3.05, 3.63) is 17.0 Å². The zero-order valence-electron chi connectivity index (χ0n) is 7.49. The largest absolute Gasteiger partial charge is 0.487 e. The summed E-state index contributed by atoms with van der Waals surface area (Å²) < 4.78 is 5.05. The van der Waals surface area contributed by atoms with Crippen LogP contribution in [0.1, 0.15) is 17.7 Å². The van der Waals surface area contributed by atoms with Crippen molar-refractivity contribution in [3.63, 3.8) is 0 Å². The molecule has 0 saturated carbocycles. The van der Waals surface area contributed by atoms with Crippen LogP contribution in [-0.4, -0.2) is 18.8 Å². The minimum absolute atomic E-state index is 0.0491. The lowest BCUT2D eigenvalue weighted by molar-refractivity contribution is -0.107. The van der Waals surface area contributed by atoms with Crippen LogP contribution in [0.2, 0.25) is 0 Å². The van der Waals surface area contributed by atoms with Crippen molar-refractivity contribution in [1.82, 2.24) is 0 Å². The summed E-state index contributed by atoms with van der Waals surface area (Å²) in [4.78, 5) is 11.5. The molecule has 2 nitrogen and oxygen atoms in total. The van der Waals surface area contributed by atoms with Crippen LogP contribution in [0.5, 0.6) is 5.06 Å². The topological polar surface area (TPSA) is 26.3 Å². The molecule has 0 fully saturated rings. The highest BCUT2D eigenvalue weighted by molar-refractivity contribution is 7.13. The average Bonchev–Trinajstić information content (AvgIpc) is 2.63. The molecule has 0 saturated heterocycles. The van der Waals surface area contributed by atoms with Crippen LogP contribution in [0.3, 0.4) is 0 Å². The highest BCUT2D eigenvalue weighted by atomic mass is 35.5. The smallest absolute Gasteiger partial charge is 0.173 e. The van der Waals surface area contributed by atoms with Crippen LogP contribution in [0.15, 0.2) is 12.1 Å². The first-order chi connectivity index (χ1) is 6.19. The Balaban J connectivity index is 2.76. The number of thiophene rings is 1. The van der Waals surface area contributed by atoms with E-state index in [4.69, 9.17) is 16.3 Å². The molecular formula is C9H11ClO2S. The molecule has 4 heteroatoms. The van der Waals surface area contributed by atoms with Gasteiger partial charge in [0.05, 0.1) is 12.5 Å². The number of halogens is 1. The molecule has 0 bridgehead atoms. The third-order valence-corrected chi connectivity index (χ3v) is 3.59. The third-order valence-electron chi connectivity index (χ3n) is 1.86. The maximum Gasteiger partial charge on any atom is 0.173 e. The van der Waals surface area contributed by atoms with Gasteiger partial charge in [0.2, 0.25) is 0 Å². The highest BCUT2D eigenvalue weighted by Gasteiger charge is 2.17. The molecule has 0 spiro atoms. The van der Waals surface area contributed by atoms with Crippen LogP contribution in [0.25, 0.3) is 0 Å². The molecule has 0 amide bonds. The fourth-order valence-electron chi connectivity index (χ4n) is 0.964. The Morgan fingerprint density at radius 2 is 2.31 bits per heavy atom. The summed E-state index contributed by atoms with van der Waals surface area (Å²) in [6.45, 7) is 1.93. The van der Waals surface area contributed by atoms with Gasteiger partial charge in [0.25, 0.3) is 0 Å². The van der Waals surface area contributed by atoms with E-state index in [0.29, 0.717) is 0 Å². The second-order valence-electron chi connectivity index (χ2n) is 2.73. The maximum atomic E-state index is 10.4. The van der Waals surface area contributed by atoms with E-state index in [1.165, 1.54) is 11.3 Å². The van der Waals surface area contributed by atoms with Gasteiger partial charge in [0, 0.05) is 10.8 Å². The Kier molecular flexibility index (Phi) is 3.75. The molecule has 0 N–H and O–H groups in total. The van der Waals surface area contributed by atoms with Crippen molar-refractivity contribution in [2.24, 2.45) is 0 Å². The number of ether oxygens (including phenoxy) is 1. The predicted molar refractivity (Wildman–Crippen MR) is 55.0 cm³/mol. The van der Waals surface area contributed by atoms with Gasteiger partial charge in [-0.1, -0.05) is 6.92 Å².